The van der Waals surface area contributed by atoms with E-state index in [0.717, 1.165) is 0 Å². The molecular weight excluding hydrogens is 294 g/mol. The number of hydrogen-bond donors (Lipinski definition) is 1. The van der Waals surface area contributed by atoms with Crippen LogP contribution >= 0.6 is 11.3 Å². The van der Waals surface area contributed by atoms with Crippen LogP contribution in [0.2, 0.25) is 0 Å². The van der Waals surface area contributed by atoms with Gasteiger partial charge < -0.3 is 15.3 Å². The van der Waals surface area contributed by atoms with Gasteiger partial charge in [0.2, 0.25) is 6.10 Å². The summed E-state index contributed by atoms with van der Waals surface area (Å²) in [5, 5.41) is 5.59. The molecule has 0 fully saturated rings. The maximum absolute atomic E-state index is 11.9. The van der Waals surface area contributed by atoms with Crippen LogP contribution in [0, 0.1) is 0 Å². The zero-order valence-corrected chi connectivity index (χ0v) is 13.3. The van der Waals surface area contributed by atoms with Gasteiger partial charge in [-0.15, -0.1) is 11.3 Å². The van der Waals surface area contributed by atoms with E-state index >= 15 is 0 Å². The lowest BCUT2D eigenvalue weighted by Gasteiger charge is -2.22. The molecule has 0 amide bonds. The number of oxime groups is 1. The first-order valence-corrected chi connectivity index (χ1v) is 7.28. The zero-order valence-electron chi connectivity index (χ0n) is 12.5. The van der Waals surface area contributed by atoms with Gasteiger partial charge in [0, 0.05) is 5.38 Å². The fraction of sp³-hybridized carbons (Fsp3) is 0.538. The largest absolute Gasteiger partial charge is 0.457 e. The standard InChI is InChI=1S/C13H19N3O4S/c1-5-10(11(18)19-13(2,3)4)20-16-8(6-17)9-7-21-12(14)15-9/h6-7,10H,5H2,1-4H3,(H2,14,15). The Bertz CT molecular complexity index is 534. The molecule has 1 aromatic heterocycles. The number of nitrogens with two attached hydrogens (primary N) is 1. The molecule has 0 aromatic carbocycles. The topological polar surface area (TPSA) is 104 Å². The molecule has 0 aliphatic carbocycles. The van der Waals surface area contributed by atoms with Gasteiger partial charge >= 0.3 is 5.97 Å². The molecule has 0 aliphatic heterocycles. The minimum atomic E-state index is -0.879. The van der Waals surface area contributed by atoms with Gasteiger partial charge in [0.1, 0.15) is 11.3 Å². The second-order valence-corrected chi connectivity index (χ2v) is 6.09. The number of hydrogen-bond acceptors (Lipinski definition) is 8. The highest BCUT2D eigenvalue weighted by Crippen LogP contribution is 2.14. The number of carbonyl (C=O) groups is 2. The number of thiazole rings is 1. The van der Waals surface area contributed by atoms with E-state index in [1.54, 1.807) is 33.1 Å². The average molecular weight is 313 g/mol. The van der Waals surface area contributed by atoms with Crippen LogP contribution in [0.3, 0.4) is 0 Å². The summed E-state index contributed by atoms with van der Waals surface area (Å²) in [5.41, 5.74) is 5.16. The highest BCUT2D eigenvalue weighted by molar-refractivity contribution is 7.13. The van der Waals surface area contributed by atoms with Crippen LogP contribution in [0.4, 0.5) is 5.13 Å². The molecule has 1 heterocycles. The fourth-order valence-corrected chi connectivity index (χ4v) is 1.86. The second-order valence-electron chi connectivity index (χ2n) is 5.20. The van der Waals surface area contributed by atoms with Crippen molar-refractivity contribution in [2.45, 2.75) is 45.8 Å². The van der Waals surface area contributed by atoms with Crippen molar-refractivity contribution in [3.05, 3.63) is 11.1 Å². The van der Waals surface area contributed by atoms with Crippen molar-refractivity contribution in [2.75, 3.05) is 5.73 Å². The molecular formula is C13H19N3O4S. The Morgan fingerprint density at radius 1 is 1.57 bits per heavy atom. The first-order valence-electron chi connectivity index (χ1n) is 6.40. The molecule has 1 unspecified atom stereocenters. The van der Waals surface area contributed by atoms with Gasteiger partial charge in [-0.25, -0.2) is 9.78 Å². The molecule has 0 bridgehead atoms. The van der Waals surface area contributed by atoms with Gasteiger partial charge in [-0.05, 0) is 27.2 Å². The van der Waals surface area contributed by atoms with E-state index in [4.69, 9.17) is 15.3 Å². The molecule has 1 aromatic rings. The van der Waals surface area contributed by atoms with E-state index in [1.165, 1.54) is 11.3 Å². The number of nitrogens with zero attached hydrogens (tertiary/aromatic N) is 2. The lowest BCUT2D eigenvalue weighted by molar-refractivity contribution is -0.168. The van der Waals surface area contributed by atoms with Crippen LogP contribution in [0.25, 0.3) is 0 Å². The first-order chi connectivity index (χ1) is 9.76. The van der Waals surface area contributed by atoms with Crippen LogP contribution in [-0.2, 0) is 19.2 Å². The normalized spacial score (nSPS) is 13.6. The van der Waals surface area contributed by atoms with Crippen molar-refractivity contribution in [2.24, 2.45) is 5.16 Å². The first kappa shape index (κ1) is 17.1. The summed E-state index contributed by atoms with van der Waals surface area (Å²) in [6.45, 7) is 7.03. The van der Waals surface area contributed by atoms with E-state index in [1.807, 2.05) is 0 Å². The summed E-state index contributed by atoms with van der Waals surface area (Å²) in [6.07, 6.45) is -0.0183. The smallest absolute Gasteiger partial charge is 0.350 e. The molecule has 0 radical (unpaired) electrons. The van der Waals surface area contributed by atoms with Crippen molar-refractivity contribution in [3.63, 3.8) is 0 Å². The number of aromatic nitrogens is 1. The monoisotopic (exact) mass is 313 g/mol. The summed E-state index contributed by atoms with van der Waals surface area (Å²) in [4.78, 5) is 32.0. The number of ether oxygens (including phenoxy) is 1. The summed E-state index contributed by atoms with van der Waals surface area (Å²) < 4.78 is 5.21. The Kier molecular flexibility index (Phi) is 5.83. The Morgan fingerprint density at radius 2 is 2.24 bits per heavy atom. The third kappa shape index (κ3) is 5.50. The van der Waals surface area contributed by atoms with E-state index in [9.17, 15) is 9.59 Å². The molecule has 1 atom stereocenters. The number of anilines is 1. The molecule has 0 saturated heterocycles. The van der Waals surface area contributed by atoms with Crippen LogP contribution in [0.1, 0.15) is 39.8 Å². The van der Waals surface area contributed by atoms with Gasteiger partial charge in [0.15, 0.2) is 17.1 Å². The van der Waals surface area contributed by atoms with E-state index in [0.29, 0.717) is 23.5 Å². The van der Waals surface area contributed by atoms with Crippen molar-refractivity contribution >= 4 is 34.4 Å². The third-order valence-corrected chi connectivity index (χ3v) is 2.89. The van der Waals surface area contributed by atoms with Crippen LogP contribution in [0.5, 0.6) is 0 Å². The van der Waals surface area contributed by atoms with Gasteiger partial charge in [-0.2, -0.15) is 0 Å². The minimum Gasteiger partial charge on any atom is -0.457 e. The molecule has 0 saturated carbocycles. The summed E-state index contributed by atoms with van der Waals surface area (Å²) >= 11 is 1.18. The molecule has 116 valence electrons. The summed E-state index contributed by atoms with van der Waals surface area (Å²) in [7, 11) is 0. The number of esters is 1. The Labute approximate surface area is 127 Å². The zero-order chi connectivity index (χ0) is 16.0. The maximum Gasteiger partial charge on any atom is 0.350 e. The number of carbonyl (C=O) groups excluding carboxylic acids is 2. The molecule has 0 spiro atoms. The third-order valence-electron chi connectivity index (χ3n) is 2.21. The Balaban J connectivity index is 2.78. The number of aldehydes is 1. The lowest BCUT2D eigenvalue weighted by Crippen LogP contribution is -2.32. The average Bonchev–Trinajstić information content (AvgIpc) is 2.79. The Morgan fingerprint density at radius 3 is 2.67 bits per heavy atom. The lowest BCUT2D eigenvalue weighted by atomic mass is 10.2. The van der Waals surface area contributed by atoms with Crippen LogP contribution < -0.4 is 5.73 Å². The molecule has 0 aliphatic rings. The van der Waals surface area contributed by atoms with Gasteiger partial charge in [0.25, 0.3) is 0 Å². The summed E-state index contributed by atoms with van der Waals surface area (Å²) in [5.74, 6) is -0.531. The Hall–Kier alpha value is -1.96. The number of nitrogen functional groups attached to an aromatic ring is 1. The van der Waals surface area contributed by atoms with Crippen molar-refractivity contribution in [1.29, 1.82) is 0 Å². The quantitative estimate of drug-likeness (QED) is 0.371. The van der Waals surface area contributed by atoms with Gasteiger partial charge in [0.05, 0.1) is 0 Å². The van der Waals surface area contributed by atoms with Crippen LogP contribution in [0.15, 0.2) is 10.5 Å². The second kappa shape index (κ2) is 7.16. The molecule has 2 N–H and O–H groups in total. The summed E-state index contributed by atoms with van der Waals surface area (Å²) in [6, 6.07) is 0. The highest BCUT2D eigenvalue weighted by Gasteiger charge is 2.25. The molecule has 21 heavy (non-hydrogen) atoms. The molecule has 1 rings (SSSR count). The van der Waals surface area contributed by atoms with Crippen molar-refractivity contribution in [1.82, 2.24) is 4.98 Å². The van der Waals surface area contributed by atoms with Crippen molar-refractivity contribution < 1.29 is 19.2 Å². The minimum absolute atomic E-state index is 0.0232. The highest BCUT2D eigenvalue weighted by atomic mass is 32.1. The molecule has 7 nitrogen and oxygen atoms in total. The molecule has 8 heteroatoms. The van der Waals surface area contributed by atoms with E-state index in [2.05, 4.69) is 10.1 Å². The van der Waals surface area contributed by atoms with Crippen LogP contribution in [-0.4, -0.2) is 34.7 Å². The van der Waals surface area contributed by atoms with Gasteiger partial charge in [-0.3, -0.25) is 4.79 Å². The van der Waals surface area contributed by atoms with E-state index in [-0.39, 0.29) is 5.71 Å². The predicted octanol–water partition coefficient (Wildman–Crippen LogP) is 1.77. The maximum atomic E-state index is 11.9. The van der Waals surface area contributed by atoms with Gasteiger partial charge in [-0.1, -0.05) is 12.1 Å². The van der Waals surface area contributed by atoms with E-state index < -0.39 is 17.7 Å². The fourth-order valence-electron chi connectivity index (χ4n) is 1.31. The predicted molar refractivity (Wildman–Crippen MR) is 80.1 cm³/mol. The number of rotatable bonds is 6. The SMILES string of the molecule is CCC(ON=C(C=O)c1csc(N)n1)C(=O)OC(C)(C)C. The van der Waals surface area contributed by atoms with Crippen molar-refractivity contribution in [3.8, 4) is 0 Å².